The van der Waals surface area contributed by atoms with E-state index < -0.39 is 31.5 Å². The van der Waals surface area contributed by atoms with Crippen molar-refractivity contribution in [2.24, 2.45) is 5.41 Å². The van der Waals surface area contributed by atoms with Crippen molar-refractivity contribution in [2.75, 3.05) is 6.26 Å². The smallest absolute Gasteiger partial charge is 0.258 e. The van der Waals surface area contributed by atoms with Gasteiger partial charge >= 0.3 is 0 Å². The summed E-state index contributed by atoms with van der Waals surface area (Å²) in [6, 6.07) is 12.6. The monoisotopic (exact) mass is 396 g/mol. The molecule has 0 N–H and O–H groups in total. The zero-order chi connectivity index (χ0) is 19.8. The van der Waals surface area contributed by atoms with Crippen LogP contribution in [0, 0.1) is 12.3 Å². The Morgan fingerprint density at radius 1 is 0.808 bits per heavy atom. The molecule has 0 aliphatic heterocycles. The normalized spacial score (nSPS) is 14.2. The molecule has 0 saturated heterocycles. The Morgan fingerprint density at radius 2 is 1.27 bits per heavy atom. The standard InChI is InChI=1S/C19H24O5S2/c1-14-6-10-17(11-7-14)26(22,23)24-18(19(2,3)4)15-8-12-16(13-9-15)25(5,20)21/h6-13,18H,1-5H3. The molecule has 2 rings (SSSR count). The molecule has 0 bridgehead atoms. The lowest BCUT2D eigenvalue weighted by atomic mass is 9.85. The third-order valence-electron chi connectivity index (χ3n) is 3.93. The van der Waals surface area contributed by atoms with Gasteiger partial charge in [-0.15, -0.1) is 0 Å². The van der Waals surface area contributed by atoms with Gasteiger partial charge in [0, 0.05) is 6.26 Å². The van der Waals surface area contributed by atoms with Crippen LogP contribution in [0.3, 0.4) is 0 Å². The van der Waals surface area contributed by atoms with Crippen molar-refractivity contribution >= 4 is 20.0 Å². The predicted molar refractivity (Wildman–Crippen MR) is 101 cm³/mol. The minimum atomic E-state index is -3.96. The lowest BCUT2D eigenvalue weighted by Crippen LogP contribution is -2.24. The molecule has 0 aromatic heterocycles. The van der Waals surface area contributed by atoms with E-state index in [9.17, 15) is 16.8 Å². The summed E-state index contributed by atoms with van der Waals surface area (Å²) < 4.78 is 54.2. The Morgan fingerprint density at radius 3 is 1.69 bits per heavy atom. The van der Waals surface area contributed by atoms with Gasteiger partial charge in [-0.25, -0.2) is 8.42 Å². The molecule has 0 aliphatic rings. The van der Waals surface area contributed by atoms with Crippen LogP contribution in [0.5, 0.6) is 0 Å². The summed E-state index contributed by atoms with van der Waals surface area (Å²) in [6.45, 7) is 7.48. The van der Waals surface area contributed by atoms with E-state index in [2.05, 4.69) is 0 Å². The third-order valence-corrected chi connectivity index (χ3v) is 6.35. The Bertz CT molecular complexity index is 966. The summed E-state index contributed by atoms with van der Waals surface area (Å²) in [5.74, 6) is 0. The molecule has 142 valence electrons. The Hall–Kier alpha value is -1.70. The number of hydrogen-bond donors (Lipinski definition) is 0. The van der Waals surface area contributed by atoms with Crippen LogP contribution in [-0.4, -0.2) is 23.1 Å². The van der Waals surface area contributed by atoms with Gasteiger partial charge in [0.25, 0.3) is 10.1 Å². The van der Waals surface area contributed by atoms with Gasteiger partial charge in [0.2, 0.25) is 0 Å². The largest absolute Gasteiger partial charge is 0.297 e. The minimum absolute atomic E-state index is 0.0881. The quantitative estimate of drug-likeness (QED) is 0.717. The van der Waals surface area contributed by atoms with E-state index >= 15 is 0 Å². The number of rotatable bonds is 5. The summed E-state index contributed by atoms with van der Waals surface area (Å²) in [5.41, 5.74) is 1.03. The van der Waals surface area contributed by atoms with Gasteiger partial charge in [0.15, 0.2) is 9.84 Å². The SMILES string of the molecule is Cc1ccc(S(=O)(=O)OC(c2ccc(S(C)(=O)=O)cc2)C(C)(C)C)cc1. The molecule has 1 unspecified atom stereocenters. The second-order valence-electron chi connectivity index (χ2n) is 7.45. The van der Waals surface area contributed by atoms with Gasteiger partial charge < -0.3 is 0 Å². The first-order chi connectivity index (χ1) is 11.8. The van der Waals surface area contributed by atoms with E-state index in [1.807, 2.05) is 27.7 Å². The van der Waals surface area contributed by atoms with Crippen molar-refractivity contribution in [1.29, 1.82) is 0 Å². The molecule has 7 heteroatoms. The Balaban J connectivity index is 2.41. The van der Waals surface area contributed by atoms with E-state index in [1.165, 1.54) is 24.3 Å². The van der Waals surface area contributed by atoms with Crippen molar-refractivity contribution in [3.05, 3.63) is 59.7 Å². The zero-order valence-corrected chi connectivity index (χ0v) is 17.2. The molecule has 0 aliphatic carbocycles. The fourth-order valence-electron chi connectivity index (χ4n) is 2.48. The molecule has 26 heavy (non-hydrogen) atoms. The molecule has 0 heterocycles. The van der Waals surface area contributed by atoms with Crippen LogP contribution in [0.15, 0.2) is 58.3 Å². The van der Waals surface area contributed by atoms with Gasteiger partial charge in [-0.2, -0.15) is 8.42 Å². The van der Waals surface area contributed by atoms with Crippen LogP contribution in [0.25, 0.3) is 0 Å². The highest BCUT2D eigenvalue weighted by atomic mass is 32.2. The highest BCUT2D eigenvalue weighted by Crippen LogP contribution is 2.38. The van der Waals surface area contributed by atoms with Crippen LogP contribution < -0.4 is 0 Å². The topological polar surface area (TPSA) is 77.5 Å². The van der Waals surface area contributed by atoms with Crippen LogP contribution in [0.4, 0.5) is 0 Å². The first kappa shape index (κ1) is 20.6. The lowest BCUT2D eigenvalue weighted by molar-refractivity contribution is 0.0933. The highest BCUT2D eigenvalue weighted by molar-refractivity contribution is 7.90. The number of aryl methyl sites for hydroxylation is 1. The minimum Gasteiger partial charge on any atom is -0.258 e. The zero-order valence-electron chi connectivity index (χ0n) is 15.6. The molecule has 0 radical (unpaired) electrons. The average Bonchev–Trinajstić information content (AvgIpc) is 2.51. The Labute approximate surface area is 156 Å². The van der Waals surface area contributed by atoms with Gasteiger partial charge in [-0.1, -0.05) is 50.6 Å². The summed E-state index contributed by atoms with van der Waals surface area (Å²) in [4.78, 5) is 0.264. The summed E-state index contributed by atoms with van der Waals surface area (Å²) in [6.07, 6.45) is 0.365. The molecule has 1 atom stereocenters. The molecular formula is C19H24O5S2. The molecular weight excluding hydrogens is 372 g/mol. The number of sulfone groups is 1. The van der Waals surface area contributed by atoms with E-state index in [1.54, 1.807) is 24.3 Å². The van der Waals surface area contributed by atoms with E-state index in [-0.39, 0.29) is 9.79 Å². The van der Waals surface area contributed by atoms with E-state index in [0.717, 1.165) is 11.8 Å². The van der Waals surface area contributed by atoms with E-state index in [4.69, 9.17) is 4.18 Å². The van der Waals surface area contributed by atoms with Gasteiger partial charge in [-0.05, 0) is 42.2 Å². The first-order valence-electron chi connectivity index (χ1n) is 8.11. The van der Waals surface area contributed by atoms with Gasteiger partial charge in [0.1, 0.15) is 6.10 Å². The van der Waals surface area contributed by atoms with Crippen molar-refractivity contribution in [3.8, 4) is 0 Å². The second-order valence-corrected chi connectivity index (χ2v) is 11.0. The predicted octanol–water partition coefficient (Wildman–Crippen LogP) is 3.89. The van der Waals surface area contributed by atoms with Crippen molar-refractivity contribution in [2.45, 2.75) is 43.6 Å². The molecule has 0 fully saturated rings. The maximum Gasteiger partial charge on any atom is 0.297 e. The molecule has 0 amide bonds. The summed E-state index contributed by atoms with van der Waals surface area (Å²) >= 11 is 0. The molecule has 0 spiro atoms. The summed E-state index contributed by atoms with van der Waals surface area (Å²) in [7, 11) is -7.29. The average molecular weight is 397 g/mol. The number of hydrogen-bond acceptors (Lipinski definition) is 5. The summed E-state index contributed by atoms with van der Waals surface area (Å²) in [5, 5.41) is 0. The molecule has 2 aromatic carbocycles. The van der Waals surface area contributed by atoms with Crippen LogP contribution in [0.2, 0.25) is 0 Å². The van der Waals surface area contributed by atoms with Crippen molar-refractivity contribution < 1.29 is 21.0 Å². The maximum absolute atomic E-state index is 12.7. The fraction of sp³-hybridized carbons (Fsp3) is 0.368. The first-order valence-corrected chi connectivity index (χ1v) is 11.4. The number of benzene rings is 2. The second kappa shape index (κ2) is 7.13. The van der Waals surface area contributed by atoms with Crippen LogP contribution in [0.1, 0.15) is 38.0 Å². The molecule has 0 saturated carbocycles. The molecule has 5 nitrogen and oxygen atoms in total. The molecule has 2 aromatic rings. The van der Waals surface area contributed by atoms with Gasteiger partial charge in [-0.3, -0.25) is 4.18 Å². The third kappa shape index (κ3) is 4.93. The van der Waals surface area contributed by atoms with Crippen LogP contribution >= 0.6 is 0 Å². The van der Waals surface area contributed by atoms with Gasteiger partial charge in [0.05, 0.1) is 9.79 Å². The van der Waals surface area contributed by atoms with Crippen LogP contribution in [-0.2, 0) is 24.1 Å². The Kier molecular flexibility index (Phi) is 5.66. The maximum atomic E-state index is 12.7. The highest BCUT2D eigenvalue weighted by Gasteiger charge is 2.33. The fourth-order valence-corrected chi connectivity index (χ4v) is 4.34. The lowest BCUT2D eigenvalue weighted by Gasteiger charge is -2.30. The van der Waals surface area contributed by atoms with Crippen molar-refractivity contribution in [1.82, 2.24) is 0 Å². The van der Waals surface area contributed by atoms with E-state index in [0.29, 0.717) is 5.56 Å². The van der Waals surface area contributed by atoms with Crippen molar-refractivity contribution in [3.63, 3.8) is 0 Å².